The number of nitrogens with zero attached hydrogens (tertiary/aromatic N) is 4. The maximum absolute atomic E-state index is 12.1. The topological polar surface area (TPSA) is 110 Å². The van der Waals surface area contributed by atoms with Gasteiger partial charge in [0.05, 0.1) is 17.4 Å². The van der Waals surface area contributed by atoms with E-state index in [9.17, 15) is 14.9 Å². The van der Waals surface area contributed by atoms with Crippen LogP contribution in [-0.2, 0) is 16.1 Å². The summed E-state index contributed by atoms with van der Waals surface area (Å²) in [5, 5.41) is 14.9. The first-order valence-corrected chi connectivity index (χ1v) is 9.70. The number of aromatic nitrogens is 2. The van der Waals surface area contributed by atoms with Crippen molar-refractivity contribution in [3.05, 3.63) is 51.8 Å². The lowest BCUT2D eigenvalue weighted by molar-refractivity contribution is -0.383. The van der Waals surface area contributed by atoms with Crippen LogP contribution in [0.15, 0.2) is 30.6 Å². The second kappa shape index (κ2) is 9.31. The zero-order valence-electron chi connectivity index (χ0n) is 16.6. The molecule has 2 aromatic rings. The molecule has 1 aliphatic heterocycles. The average Bonchev–Trinajstić information content (AvgIpc) is 2.73. The van der Waals surface area contributed by atoms with E-state index < -0.39 is 4.92 Å². The molecule has 1 fully saturated rings. The molecule has 1 saturated heterocycles. The van der Waals surface area contributed by atoms with Gasteiger partial charge in [0.15, 0.2) is 0 Å². The molecule has 0 radical (unpaired) electrons. The highest BCUT2D eigenvalue weighted by Crippen LogP contribution is 2.34. The van der Waals surface area contributed by atoms with E-state index in [0.717, 1.165) is 17.5 Å². The Morgan fingerprint density at radius 2 is 2.10 bits per heavy atom. The van der Waals surface area contributed by atoms with Crippen LogP contribution in [0.2, 0.25) is 0 Å². The molecule has 1 unspecified atom stereocenters. The molecule has 2 heterocycles. The van der Waals surface area contributed by atoms with Crippen LogP contribution in [0, 0.1) is 23.0 Å². The van der Waals surface area contributed by atoms with E-state index in [-0.39, 0.29) is 29.2 Å². The summed E-state index contributed by atoms with van der Waals surface area (Å²) in [5.41, 5.74) is 1.96. The third-order valence-electron chi connectivity index (χ3n) is 4.91. The van der Waals surface area contributed by atoms with Gasteiger partial charge in [-0.3, -0.25) is 14.9 Å². The molecule has 1 atom stereocenters. The van der Waals surface area contributed by atoms with Gasteiger partial charge < -0.3 is 15.0 Å². The summed E-state index contributed by atoms with van der Waals surface area (Å²) in [4.78, 5) is 33.5. The Hall–Kier alpha value is -3.23. The van der Waals surface area contributed by atoms with Crippen LogP contribution >= 0.6 is 0 Å². The van der Waals surface area contributed by atoms with E-state index in [2.05, 4.69) is 15.3 Å². The minimum Gasteiger partial charge on any atom is -0.466 e. The fourth-order valence-electron chi connectivity index (χ4n) is 3.41. The predicted octanol–water partition coefficient (Wildman–Crippen LogP) is 3.08. The number of nitrogens with one attached hydrogen (secondary N) is 1. The number of hydrogen-bond acceptors (Lipinski definition) is 8. The summed E-state index contributed by atoms with van der Waals surface area (Å²) in [7, 11) is 0. The van der Waals surface area contributed by atoms with Gasteiger partial charge in [-0.15, -0.1) is 0 Å². The molecule has 154 valence electrons. The molecule has 1 aromatic heterocycles. The SMILES string of the molecule is CCOC(=O)C1CCCN(c2ncnc(NCc3ccc(C)cc3)c2[N+](=O)[O-])C1. The standard InChI is InChI=1S/C20H25N5O4/c1-3-29-20(26)16-5-4-10-24(12-16)19-17(25(27)28)18(22-13-23-19)21-11-15-8-6-14(2)7-9-15/h6-9,13,16H,3-5,10-12H2,1-2H3,(H,21,22,23). The monoisotopic (exact) mass is 399 g/mol. The lowest BCUT2D eigenvalue weighted by atomic mass is 9.98. The molecule has 9 heteroatoms. The van der Waals surface area contributed by atoms with E-state index in [0.29, 0.717) is 32.7 Å². The molecule has 0 saturated carbocycles. The van der Waals surface area contributed by atoms with Crippen molar-refractivity contribution < 1.29 is 14.5 Å². The van der Waals surface area contributed by atoms with Crippen LogP contribution in [0.25, 0.3) is 0 Å². The molecule has 9 nitrogen and oxygen atoms in total. The maximum Gasteiger partial charge on any atom is 0.353 e. The van der Waals surface area contributed by atoms with Crippen molar-refractivity contribution in [3.8, 4) is 0 Å². The van der Waals surface area contributed by atoms with Crippen LogP contribution in [0.1, 0.15) is 30.9 Å². The van der Waals surface area contributed by atoms with Crippen LogP contribution in [0.5, 0.6) is 0 Å². The van der Waals surface area contributed by atoms with E-state index in [1.165, 1.54) is 6.33 Å². The number of rotatable bonds is 7. The Kier molecular flexibility index (Phi) is 6.58. The molecular formula is C20H25N5O4. The van der Waals surface area contributed by atoms with Crippen molar-refractivity contribution in [2.45, 2.75) is 33.2 Å². The molecule has 1 N–H and O–H groups in total. The molecule has 3 rings (SSSR count). The molecular weight excluding hydrogens is 374 g/mol. The maximum atomic E-state index is 12.1. The highest BCUT2D eigenvalue weighted by atomic mass is 16.6. The smallest absolute Gasteiger partial charge is 0.353 e. The van der Waals surface area contributed by atoms with Gasteiger partial charge in [0.2, 0.25) is 11.6 Å². The van der Waals surface area contributed by atoms with Gasteiger partial charge in [-0.05, 0) is 32.3 Å². The summed E-state index contributed by atoms with van der Waals surface area (Å²) in [6, 6.07) is 7.90. The summed E-state index contributed by atoms with van der Waals surface area (Å²) in [5.74, 6) is -0.196. The first-order valence-electron chi connectivity index (χ1n) is 9.70. The lowest BCUT2D eigenvalue weighted by Crippen LogP contribution is -2.40. The highest BCUT2D eigenvalue weighted by molar-refractivity contribution is 5.75. The molecule has 0 spiro atoms. The Morgan fingerprint density at radius 3 is 2.79 bits per heavy atom. The van der Waals surface area contributed by atoms with E-state index in [4.69, 9.17) is 4.74 Å². The number of anilines is 2. The Labute approximate surface area is 169 Å². The number of ether oxygens (including phenoxy) is 1. The normalized spacial score (nSPS) is 16.3. The number of carbonyl (C=O) groups excluding carboxylic acids is 1. The van der Waals surface area contributed by atoms with Crippen molar-refractivity contribution in [2.75, 3.05) is 29.9 Å². The molecule has 0 aliphatic carbocycles. The van der Waals surface area contributed by atoms with Crippen LogP contribution in [-0.4, -0.2) is 40.6 Å². The fraction of sp³-hybridized carbons (Fsp3) is 0.450. The van der Waals surface area contributed by atoms with Crippen molar-refractivity contribution in [1.82, 2.24) is 9.97 Å². The minimum atomic E-state index is -0.471. The fourth-order valence-corrected chi connectivity index (χ4v) is 3.41. The van der Waals surface area contributed by atoms with Gasteiger partial charge in [-0.25, -0.2) is 9.97 Å². The lowest BCUT2D eigenvalue weighted by Gasteiger charge is -2.32. The number of carbonyl (C=O) groups is 1. The van der Waals surface area contributed by atoms with Crippen molar-refractivity contribution in [3.63, 3.8) is 0 Å². The van der Waals surface area contributed by atoms with Gasteiger partial charge in [0, 0.05) is 19.6 Å². The van der Waals surface area contributed by atoms with Crippen molar-refractivity contribution in [1.29, 1.82) is 0 Å². The molecule has 0 bridgehead atoms. The summed E-state index contributed by atoms with van der Waals surface area (Å²) >= 11 is 0. The van der Waals surface area contributed by atoms with Gasteiger partial charge in [-0.1, -0.05) is 29.8 Å². The third kappa shape index (κ3) is 4.98. The van der Waals surface area contributed by atoms with E-state index >= 15 is 0 Å². The van der Waals surface area contributed by atoms with Crippen LogP contribution in [0.4, 0.5) is 17.3 Å². The molecule has 29 heavy (non-hydrogen) atoms. The number of aryl methyl sites for hydroxylation is 1. The van der Waals surface area contributed by atoms with Gasteiger partial charge in [-0.2, -0.15) is 0 Å². The predicted molar refractivity (Wildman–Crippen MR) is 109 cm³/mol. The first kappa shape index (κ1) is 20.5. The van der Waals surface area contributed by atoms with Crippen LogP contribution in [0.3, 0.4) is 0 Å². The van der Waals surface area contributed by atoms with Crippen molar-refractivity contribution >= 4 is 23.3 Å². The largest absolute Gasteiger partial charge is 0.466 e. The van der Waals surface area contributed by atoms with Gasteiger partial charge in [0.1, 0.15) is 6.33 Å². The minimum absolute atomic E-state index is 0.166. The highest BCUT2D eigenvalue weighted by Gasteiger charge is 2.33. The quantitative estimate of drug-likeness (QED) is 0.430. The molecule has 1 aliphatic rings. The van der Waals surface area contributed by atoms with Gasteiger partial charge in [0.25, 0.3) is 0 Å². The number of piperidine rings is 1. The number of esters is 1. The first-order chi connectivity index (χ1) is 14.0. The van der Waals surface area contributed by atoms with Crippen molar-refractivity contribution in [2.24, 2.45) is 5.92 Å². The number of hydrogen-bond donors (Lipinski definition) is 1. The Balaban J connectivity index is 1.81. The zero-order valence-corrected chi connectivity index (χ0v) is 16.6. The average molecular weight is 399 g/mol. The summed E-state index contributed by atoms with van der Waals surface area (Å²) in [6.45, 7) is 5.42. The Morgan fingerprint density at radius 1 is 1.34 bits per heavy atom. The number of benzene rings is 1. The van der Waals surface area contributed by atoms with E-state index in [1.54, 1.807) is 11.8 Å². The van der Waals surface area contributed by atoms with Crippen LogP contribution < -0.4 is 10.2 Å². The third-order valence-corrected chi connectivity index (χ3v) is 4.91. The van der Waals surface area contributed by atoms with Gasteiger partial charge >= 0.3 is 11.7 Å². The second-order valence-electron chi connectivity index (χ2n) is 7.03. The zero-order chi connectivity index (χ0) is 20.8. The Bertz CT molecular complexity index is 872. The molecule has 0 amide bonds. The second-order valence-corrected chi connectivity index (χ2v) is 7.03. The molecule has 1 aromatic carbocycles. The summed E-state index contributed by atoms with van der Waals surface area (Å²) < 4.78 is 5.12. The summed E-state index contributed by atoms with van der Waals surface area (Å²) in [6.07, 6.45) is 2.75. The van der Waals surface area contributed by atoms with E-state index in [1.807, 2.05) is 31.2 Å². The number of nitro groups is 1.